The number of aromatic nitrogens is 1. The third kappa shape index (κ3) is 4.56. The number of nitrogens with one attached hydrogen (secondary N) is 2. The fraction of sp³-hybridized carbons (Fsp3) is 0.615. The van der Waals surface area contributed by atoms with E-state index in [2.05, 4.69) is 47.4 Å². The predicted octanol–water partition coefficient (Wildman–Crippen LogP) is 4.94. The van der Waals surface area contributed by atoms with E-state index in [1.54, 1.807) is 7.11 Å². The van der Waals surface area contributed by atoms with Gasteiger partial charge in [-0.2, -0.15) is 0 Å². The summed E-state index contributed by atoms with van der Waals surface area (Å²) >= 11 is 0. The number of methoxy groups -OCH3 is 1. The minimum Gasteiger partial charge on any atom is -0.497 e. The number of pyridine rings is 1. The van der Waals surface area contributed by atoms with Gasteiger partial charge in [0.05, 0.1) is 30.0 Å². The van der Waals surface area contributed by atoms with Crippen molar-refractivity contribution >= 4 is 22.5 Å². The van der Waals surface area contributed by atoms with Crippen LogP contribution < -0.4 is 15.4 Å². The molecule has 32 heavy (non-hydrogen) atoms. The molecule has 2 fully saturated rings. The molecule has 1 spiro atoms. The third-order valence-electron chi connectivity index (χ3n) is 7.16. The highest BCUT2D eigenvalue weighted by molar-refractivity contribution is 5.92. The standard InChI is InChI=1S/C26H38N4O2/c1-18(2)23-25(31)30(26(29-23)12-6-5-7-13-26)15-9-10-19(3)28-22-17-21(32-4)16-20-11-8-14-27-24(20)22/h8,11,14,16-19,23,28-29H,5-7,9-10,12-13,15H2,1-4H3/t19?,23-/m0/s1. The largest absolute Gasteiger partial charge is 0.497 e. The highest BCUT2D eigenvalue weighted by atomic mass is 16.5. The lowest BCUT2D eigenvalue weighted by Gasteiger charge is -2.41. The van der Waals surface area contributed by atoms with Gasteiger partial charge in [0.2, 0.25) is 5.91 Å². The summed E-state index contributed by atoms with van der Waals surface area (Å²) in [6.07, 6.45) is 9.63. The molecule has 4 rings (SSSR count). The minimum atomic E-state index is -0.117. The molecule has 1 amide bonds. The highest BCUT2D eigenvalue weighted by Crippen LogP contribution is 2.38. The lowest BCUT2D eigenvalue weighted by atomic mass is 9.88. The smallest absolute Gasteiger partial charge is 0.241 e. The van der Waals surface area contributed by atoms with Crippen LogP contribution in [0.15, 0.2) is 30.5 Å². The van der Waals surface area contributed by atoms with E-state index in [0.29, 0.717) is 11.8 Å². The average Bonchev–Trinajstić information content (AvgIpc) is 3.05. The normalized spacial score (nSPS) is 21.5. The lowest BCUT2D eigenvalue weighted by molar-refractivity contribution is -0.133. The Morgan fingerprint density at radius 1 is 1.25 bits per heavy atom. The van der Waals surface area contributed by atoms with E-state index in [9.17, 15) is 4.79 Å². The van der Waals surface area contributed by atoms with E-state index < -0.39 is 0 Å². The van der Waals surface area contributed by atoms with Gasteiger partial charge in [0.1, 0.15) is 5.75 Å². The van der Waals surface area contributed by atoms with Crippen molar-refractivity contribution in [3.8, 4) is 5.75 Å². The summed E-state index contributed by atoms with van der Waals surface area (Å²) in [5.41, 5.74) is 1.84. The number of hydrogen-bond donors (Lipinski definition) is 2. The average molecular weight is 439 g/mol. The SMILES string of the molecule is COc1cc(NC(C)CCCN2C(=O)[C@H](C(C)C)NC23CCCCC3)c2ncccc2c1. The van der Waals surface area contributed by atoms with Gasteiger partial charge in [0.25, 0.3) is 0 Å². The van der Waals surface area contributed by atoms with Gasteiger partial charge in [-0.15, -0.1) is 0 Å². The maximum atomic E-state index is 13.2. The second-order valence-corrected chi connectivity index (χ2v) is 9.89. The number of fused-ring (bicyclic) bond motifs is 1. The van der Waals surface area contributed by atoms with Gasteiger partial charge in [0.15, 0.2) is 0 Å². The summed E-state index contributed by atoms with van der Waals surface area (Å²) in [7, 11) is 1.69. The molecule has 1 unspecified atom stereocenters. The molecule has 1 aliphatic carbocycles. The van der Waals surface area contributed by atoms with Gasteiger partial charge in [-0.05, 0) is 63.5 Å². The van der Waals surface area contributed by atoms with E-state index in [0.717, 1.165) is 54.6 Å². The maximum Gasteiger partial charge on any atom is 0.241 e. The first-order valence-corrected chi connectivity index (χ1v) is 12.2. The Labute approximate surface area is 192 Å². The lowest BCUT2D eigenvalue weighted by Crippen LogP contribution is -2.54. The Morgan fingerprint density at radius 3 is 2.75 bits per heavy atom. The van der Waals surface area contributed by atoms with Crippen molar-refractivity contribution in [2.24, 2.45) is 5.92 Å². The Morgan fingerprint density at radius 2 is 2.03 bits per heavy atom. The van der Waals surface area contributed by atoms with Crippen molar-refractivity contribution in [1.82, 2.24) is 15.2 Å². The zero-order chi connectivity index (χ0) is 22.7. The molecule has 0 bridgehead atoms. The topological polar surface area (TPSA) is 66.5 Å². The van der Waals surface area contributed by atoms with E-state index in [1.807, 2.05) is 24.4 Å². The number of amides is 1. The summed E-state index contributed by atoms with van der Waals surface area (Å²) in [6, 6.07) is 8.26. The number of ether oxygens (including phenoxy) is 1. The fourth-order valence-corrected chi connectivity index (χ4v) is 5.42. The number of benzene rings is 1. The Balaban J connectivity index is 1.41. The van der Waals surface area contributed by atoms with Crippen molar-refractivity contribution in [3.63, 3.8) is 0 Å². The molecule has 2 aliphatic rings. The van der Waals surface area contributed by atoms with Gasteiger partial charge in [0, 0.05) is 30.2 Å². The molecule has 6 heteroatoms. The Hall–Kier alpha value is -2.34. The van der Waals surface area contributed by atoms with Crippen molar-refractivity contribution < 1.29 is 9.53 Å². The molecule has 1 saturated carbocycles. The van der Waals surface area contributed by atoms with Gasteiger partial charge in [-0.25, -0.2) is 0 Å². The number of rotatable bonds is 8. The number of hydrogen-bond acceptors (Lipinski definition) is 5. The molecule has 2 N–H and O–H groups in total. The monoisotopic (exact) mass is 438 g/mol. The third-order valence-corrected chi connectivity index (χ3v) is 7.16. The summed E-state index contributed by atoms with van der Waals surface area (Å²) in [5.74, 6) is 1.44. The van der Waals surface area contributed by atoms with Crippen molar-refractivity contribution in [2.45, 2.75) is 83.5 Å². The Kier molecular flexibility index (Phi) is 6.89. The molecule has 6 nitrogen and oxygen atoms in total. The molecule has 174 valence electrons. The number of anilines is 1. The van der Waals surface area contributed by atoms with Crippen molar-refractivity contribution in [1.29, 1.82) is 0 Å². The van der Waals surface area contributed by atoms with Crippen LogP contribution in [0.1, 0.15) is 65.7 Å². The number of carbonyl (C=O) groups is 1. The number of carbonyl (C=O) groups excluding carboxylic acids is 1. The van der Waals surface area contributed by atoms with Crippen LogP contribution in [-0.4, -0.2) is 47.2 Å². The highest BCUT2D eigenvalue weighted by Gasteiger charge is 2.50. The molecule has 2 aromatic rings. The first-order chi connectivity index (χ1) is 15.4. The van der Waals surface area contributed by atoms with Crippen LogP contribution in [0.25, 0.3) is 10.9 Å². The molecule has 1 saturated heterocycles. The molecule has 1 aromatic heterocycles. The quantitative estimate of drug-likeness (QED) is 0.611. The van der Waals surface area contributed by atoms with Crippen LogP contribution in [0.4, 0.5) is 5.69 Å². The zero-order valence-corrected chi connectivity index (χ0v) is 20.0. The fourth-order valence-electron chi connectivity index (χ4n) is 5.42. The molecular weight excluding hydrogens is 400 g/mol. The second kappa shape index (κ2) is 9.65. The van der Waals surface area contributed by atoms with Crippen molar-refractivity contribution in [3.05, 3.63) is 30.5 Å². The maximum absolute atomic E-state index is 13.2. The number of nitrogens with zero attached hydrogens (tertiary/aromatic N) is 2. The van der Waals surface area contributed by atoms with Gasteiger partial charge < -0.3 is 15.0 Å². The van der Waals surface area contributed by atoms with E-state index in [4.69, 9.17) is 4.74 Å². The molecule has 1 aliphatic heterocycles. The van der Waals surface area contributed by atoms with E-state index in [1.165, 1.54) is 19.3 Å². The zero-order valence-electron chi connectivity index (χ0n) is 20.0. The van der Waals surface area contributed by atoms with Gasteiger partial charge in [-0.3, -0.25) is 15.1 Å². The van der Waals surface area contributed by atoms with Crippen LogP contribution >= 0.6 is 0 Å². The van der Waals surface area contributed by atoms with Gasteiger partial charge in [-0.1, -0.05) is 26.3 Å². The van der Waals surface area contributed by atoms with Crippen LogP contribution in [-0.2, 0) is 4.79 Å². The first-order valence-electron chi connectivity index (χ1n) is 12.2. The molecule has 0 radical (unpaired) electrons. The van der Waals surface area contributed by atoms with Gasteiger partial charge >= 0.3 is 0 Å². The predicted molar refractivity (Wildman–Crippen MR) is 130 cm³/mol. The van der Waals surface area contributed by atoms with Crippen LogP contribution in [0.2, 0.25) is 0 Å². The summed E-state index contributed by atoms with van der Waals surface area (Å²) in [4.78, 5) is 20.0. The first kappa shape index (κ1) is 22.8. The van der Waals surface area contributed by atoms with Crippen molar-refractivity contribution in [2.75, 3.05) is 19.0 Å². The van der Waals surface area contributed by atoms with E-state index >= 15 is 0 Å². The van der Waals surface area contributed by atoms with Crippen LogP contribution in [0.3, 0.4) is 0 Å². The summed E-state index contributed by atoms with van der Waals surface area (Å²) in [6.45, 7) is 7.31. The minimum absolute atomic E-state index is 0.0436. The van der Waals surface area contributed by atoms with Crippen LogP contribution in [0, 0.1) is 5.92 Å². The molecule has 2 heterocycles. The second-order valence-electron chi connectivity index (χ2n) is 9.89. The van der Waals surface area contributed by atoms with E-state index in [-0.39, 0.29) is 17.7 Å². The Bertz CT molecular complexity index is 939. The molecule has 1 aromatic carbocycles. The summed E-state index contributed by atoms with van der Waals surface area (Å²) in [5, 5.41) is 8.45. The van der Waals surface area contributed by atoms with Crippen LogP contribution in [0.5, 0.6) is 5.75 Å². The summed E-state index contributed by atoms with van der Waals surface area (Å²) < 4.78 is 5.48. The molecular formula is C26H38N4O2. The molecule has 2 atom stereocenters.